The number of benzene rings is 1. The van der Waals surface area contributed by atoms with Crippen LogP contribution in [0.5, 0.6) is 0 Å². The number of fused-ring (bicyclic) bond motifs is 1. The SMILES string of the molecule is Nc1cc(CCOCCBr)nc2cc(Cl)ccc12. The molecule has 0 unspecified atom stereocenters. The molecule has 3 nitrogen and oxygen atoms in total. The third kappa shape index (κ3) is 3.34. The van der Waals surface area contributed by atoms with Gasteiger partial charge in [0.25, 0.3) is 0 Å². The first-order valence-electron chi connectivity index (χ1n) is 5.69. The minimum atomic E-state index is 0.643. The van der Waals surface area contributed by atoms with Gasteiger partial charge in [-0.25, -0.2) is 0 Å². The molecule has 0 atom stereocenters. The molecule has 0 saturated carbocycles. The van der Waals surface area contributed by atoms with Gasteiger partial charge in [-0.3, -0.25) is 4.98 Å². The fourth-order valence-corrected chi connectivity index (χ4v) is 2.14. The van der Waals surface area contributed by atoms with Crippen molar-refractivity contribution < 1.29 is 4.74 Å². The van der Waals surface area contributed by atoms with Crippen LogP contribution in [0.4, 0.5) is 5.69 Å². The van der Waals surface area contributed by atoms with E-state index in [0.29, 0.717) is 18.2 Å². The molecule has 0 spiro atoms. The fraction of sp³-hybridized carbons (Fsp3) is 0.308. The number of pyridine rings is 1. The molecule has 1 aromatic heterocycles. The summed E-state index contributed by atoms with van der Waals surface area (Å²) in [6, 6.07) is 7.44. The van der Waals surface area contributed by atoms with Gasteiger partial charge in [0.05, 0.1) is 18.7 Å². The third-order valence-electron chi connectivity index (χ3n) is 2.58. The second-order valence-corrected chi connectivity index (χ2v) is 5.15. The van der Waals surface area contributed by atoms with Crippen LogP contribution in [0.15, 0.2) is 24.3 Å². The van der Waals surface area contributed by atoms with E-state index in [1.807, 2.05) is 24.3 Å². The highest BCUT2D eigenvalue weighted by molar-refractivity contribution is 9.09. The van der Waals surface area contributed by atoms with E-state index >= 15 is 0 Å². The Hall–Kier alpha value is -0.840. The predicted molar refractivity (Wildman–Crippen MR) is 79.5 cm³/mol. The van der Waals surface area contributed by atoms with Crippen molar-refractivity contribution in [2.45, 2.75) is 6.42 Å². The number of alkyl halides is 1. The number of rotatable bonds is 5. The van der Waals surface area contributed by atoms with E-state index in [4.69, 9.17) is 22.1 Å². The van der Waals surface area contributed by atoms with Crippen LogP contribution in [0.2, 0.25) is 5.02 Å². The quantitative estimate of drug-likeness (QED) is 0.675. The Bertz CT molecular complexity index is 548. The maximum absolute atomic E-state index is 6.01. The van der Waals surface area contributed by atoms with Gasteiger partial charge in [-0.2, -0.15) is 0 Å². The molecule has 0 amide bonds. The van der Waals surface area contributed by atoms with Crippen molar-refractivity contribution in [3.05, 3.63) is 35.0 Å². The van der Waals surface area contributed by atoms with E-state index < -0.39 is 0 Å². The molecule has 0 aliphatic heterocycles. The highest BCUT2D eigenvalue weighted by Crippen LogP contribution is 2.23. The minimum absolute atomic E-state index is 0.643. The van der Waals surface area contributed by atoms with Crippen LogP contribution in [0.25, 0.3) is 10.9 Å². The van der Waals surface area contributed by atoms with Crippen LogP contribution >= 0.6 is 27.5 Å². The van der Waals surface area contributed by atoms with Crippen molar-refractivity contribution >= 4 is 44.1 Å². The van der Waals surface area contributed by atoms with Crippen LogP contribution in [-0.2, 0) is 11.2 Å². The standard InChI is InChI=1S/C13H14BrClN2O/c14-4-6-18-5-3-10-8-12(16)11-2-1-9(15)7-13(11)17-10/h1-2,7-8H,3-6H2,(H2,16,17). The van der Waals surface area contributed by atoms with E-state index in [9.17, 15) is 0 Å². The molecule has 0 aliphatic rings. The topological polar surface area (TPSA) is 48.1 Å². The van der Waals surface area contributed by atoms with Gasteiger partial charge in [-0.05, 0) is 24.3 Å². The highest BCUT2D eigenvalue weighted by atomic mass is 79.9. The number of halogens is 2. The van der Waals surface area contributed by atoms with E-state index in [0.717, 1.165) is 34.0 Å². The van der Waals surface area contributed by atoms with Crippen LogP contribution in [0.1, 0.15) is 5.69 Å². The molecule has 1 aromatic carbocycles. The summed E-state index contributed by atoms with van der Waals surface area (Å²) in [4.78, 5) is 4.54. The first-order valence-corrected chi connectivity index (χ1v) is 7.19. The zero-order chi connectivity index (χ0) is 13.0. The number of nitrogens with zero attached hydrogens (tertiary/aromatic N) is 1. The first-order chi connectivity index (χ1) is 8.70. The first kappa shape index (κ1) is 13.6. The molecule has 2 rings (SSSR count). The molecule has 2 N–H and O–H groups in total. The van der Waals surface area contributed by atoms with Crippen LogP contribution in [0.3, 0.4) is 0 Å². The Kier molecular flexibility index (Phi) is 4.80. The van der Waals surface area contributed by atoms with Gasteiger partial charge in [0.2, 0.25) is 0 Å². The number of ether oxygens (including phenoxy) is 1. The summed E-state index contributed by atoms with van der Waals surface area (Å²) in [5.74, 6) is 0. The molecule has 2 aromatic rings. The van der Waals surface area contributed by atoms with Crippen molar-refractivity contribution in [1.82, 2.24) is 4.98 Å². The molecule has 18 heavy (non-hydrogen) atoms. The smallest absolute Gasteiger partial charge is 0.0740 e. The molecule has 0 saturated heterocycles. The largest absolute Gasteiger partial charge is 0.398 e. The number of anilines is 1. The fourth-order valence-electron chi connectivity index (χ4n) is 1.75. The Balaban J connectivity index is 2.19. The molecular formula is C13H14BrClN2O. The van der Waals surface area contributed by atoms with Gasteiger partial charge in [0.15, 0.2) is 0 Å². The molecule has 0 radical (unpaired) electrons. The lowest BCUT2D eigenvalue weighted by Gasteiger charge is -2.07. The normalized spacial score (nSPS) is 11.0. The maximum atomic E-state index is 6.01. The number of nitrogens with two attached hydrogens (primary N) is 1. The van der Waals surface area contributed by atoms with Gasteiger partial charge in [-0.1, -0.05) is 27.5 Å². The molecule has 5 heteroatoms. The van der Waals surface area contributed by atoms with Crippen LogP contribution in [0, 0.1) is 0 Å². The van der Waals surface area contributed by atoms with Crippen molar-refractivity contribution in [2.75, 3.05) is 24.3 Å². The summed E-state index contributed by atoms with van der Waals surface area (Å²) in [7, 11) is 0. The number of hydrogen-bond acceptors (Lipinski definition) is 3. The lowest BCUT2D eigenvalue weighted by atomic mass is 10.1. The second kappa shape index (κ2) is 6.36. The van der Waals surface area contributed by atoms with E-state index in [1.54, 1.807) is 0 Å². The number of hydrogen-bond donors (Lipinski definition) is 1. The van der Waals surface area contributed by atoms with Crippen molar-refractivity contribution in [2.24, 2.45) is 0 Å². The van der Waals surface area contributed by atoms with Crippen LogP contribution in [-0.4, -0.2) is 23.5 Å². The molecular weight excluding hydrogens is 316 g/mol. The van der Waals surface area contributed by atoms with Crippen LogP contribution < -0.4 is 5.73 Å². The average Bonchev–Trinajstić information content (AvgIpc) is 2.34. The number of aromatic nitrogens is 1. The lowest BCUT2D eigenvalue weighted by Crippen LogP contribution is -2.03. The summed E-state index contributed by atoms with van der Waals surface area (Å²) >= 11 is 9.27. The molecule has 0 fully saturated rings. The molecule has 0 aliphatic carbocycles. The van der Waals surface area contributed by atoms with Gasteiger partial charge < -0.3 is 10.5 Å². The van der Waals surface area contributed by atoms with E-state index in [2.05, 4.69) is 20.9 Å². The minimum Gasteiger partial charge on any atom is -0.398 e. The second-order valence-electron chi connectivity index (χ2n) is 3.92. The maximum Gasteiger partial charge on any atom is 0.0740 e. The zero-order valence-electron chi connectivity index (χ0n) is 9.83. The van der Waals surface area contributed by atoms with E-state index in [-0.39, 0.29) is 0 Å². The molecule has 96 valence electrons. The third-order valence-corrected chi connectivity index (χ3v) is 3.14. The van der Waals surface area contributed by atoms with Crippen molar-refractivity contribution in [3.63, 3.8) is 0 Å². The Morgan fingerprint density at radius 3 is 2.89 bits per heavy atom. The van der Waals surface area contributed by atoms with Gasteiger partial charge in [0.1, 0.15) is 0 Å². The summed E-state index contributed by atoms with van der Waals surface area (Å²) in [6.07, 6.45) is 0.750. The summed E-state index contributed by atoms with van der Waals surface area (Å²) in [5, 5.41) is 2.45. The Morgan fingerprint density at radius 2 is 2.11 bits per heavy atom. The Labute approximate surface area is 119 Å². The monoisotopic (exact) mass is 328 g/mol. The average molecular weight is 330 g/mol. The molecule has 1 heterocycles. The summed E-state index contributed by atoms with van der Waals surface area (Å²) in [6.45, 7) is 1.35. The summed E-state index contributed by atoms with van der Waals surface area (Å²) < 4.78 is 5.41. The van der Waals surface area contributed by atoms with Gasteiger partial charge in [0, 0.05) is 33.5 Å². The number of nitrogen functional groups attached to an aromatic ring is 1. The van der Waals surface area contributed by atoms with Crippen molar-refractivity contribution in [3.8, 4) is 0 Å². The van der Waals surface area contributed by atoms with E-state index in [1.165, 1.54) is 0 Å². The summed E-state index contributed by atoms with van der Waals surface area (Å²) in [5.41, 5.74) is 8.49. The zero-order valence-corrected chi connectivity index (χ0v) is 12.2. The van der Waals surface area contributed by atoms with Gasteiger partial charge >= 0.3 is 0 Å². The molecule has 0 bridgehead atoms. The van der Waals surface area contributed by atoms with Gasteiger partial charge in [-0.15, -0.1) is 0 Å². The Morgan fingerprint density at radius 1 is 1.28 bits per heavy atom. The van der Waals surface area contributed by atoms with Crippen molar-refractivity contribution in [1.29, 1.82) is 0 Å². The lowest BCUT2D eigenvalue weighted by molar-refractivity contribution is 0.153. The predicted octanol–water partition coefficient (Wildman–Crippen LogP) is 3.42. The highest BCUT2D eigenvalue weighted by Gasteiger charge is 2.04.